The fourth-order valence-electron chi connectivity index (χ4n) is 3.87. The van der Waals surface area contributed by atoms with Gasteiger partial charge >= 0.3 is 0 Å². The fourth-order valence-corrected chi connectivity index (χ4v) is 6.41. The molecule has 2 aliphatic heterocycles. The van der Waals surface area contributed by atoms with Crippen molar-refractivity contribution in [2.45, 2.75) is 24.2 Å². The summed E-state index contributed by atoms with van der Waals surface area (Å²) in [6, 6.07) is 8.61. The molecule has 1 N–H and O–H groups in total. The number of nitrogens with zero attached hydrogens (tertiary/aromatic N) is 2. The van der Waals surface area contributed by atoms with Crippen LogP contribution in [0.5, 0.6) is 0 Å². The maximum atomic E-state index is 12.9. The lowest BCUT2D eigenvalue weighted by Gasteiger charge is -2.25. The third-order valence-electron chi connectivity index (χ3n) is 5.48. The Labute approximate surface area is 194 Å². The number of rotatable bonds is 4. The summed E-state index contributed by atoms with van der Waals surface area (Å²) in [4.78, 5) is 17.0. The Morgan fingerprint density at radius 3 is 2.56 bits per heavy atom. The van der Waals surface area contributed by atoms with E-state index < -0.39 is 10.0 Å². The number of pyridine rings is 1. The van der Waals surface area contributed by atoms with E-state index in [1.54, 1.807) is 47.0 Å². The number of aromatic nitrogens is 1. The average molecular weight is 486 g/mol. The molecule has 0 spiro atoms. The Morgan fingerprint density at radius 1 is 1.12 bits per heavy atom. The number of sulfonamides is 1. The first-order valence-electron chi connectivity index (χ1n) is 10.1. The molecule has 1 aromatic carbocycles. The third-order valence-corrected chi connectivity index (χ3v) is 8.55. The van der Waals surface area contributed by atoms with Crippen molar-refractivity contribution in [1.82, 2.24) is 14.6 Å². The molecular formula is C22H19N3O4S3. The van der Waals surface area contributed by atoms with Gasteiger partial charge in [0.2, 0.25) is 10.0 Å². The van der Waals surface area contributed by atoms with Gasteiger partial charge in [0.25, 0.3) is 5.91 Å². The smallest absolute Gasteiger partial charge is 0.263 e. The van der Waals surface area contributed by atoms with Crippen molar-refractivity contribution in [3.63, 3.8) is 0 Å². The van der Waals surface area contributed by atoms with Crippen LogP contribution in [-0.4, -0.2) is 41.0 Å². The van der Waals surface area contributed by atoms with Crippen molar-refractivity contribution in [3.05, 3.63) is 53.4 Å². The van der Waals surface area contributed by atoms with E-state index in [2.05, 4.69) is 10.3 Å². The van der Waals surface area contributed by atoms with E-state index in [1.165, 1.54) is 11.8 Å². The predicted octanol–water partition coefficient (Wildman–Crippen LogP) is 4.16. The van der Waals surface area contributed by atoms with Crippen molar-refractivity contribution in [3.8, 4) is 11.1 Å². The topological polar surface area (TPSA) is 92.5 Å². The SMILES string of the molecule is O=C1NC(=S)SC1=Cc1cc2cncc(-c3ccc(S(=O)(=O)N4CCCCC4)cc3)c2o1. The number of carbonyl (C=O) groups excluding carboxylic acids is 1. The minimum Gasteiger partial charge on any atom is -0.456 e. The number of hydrogen-bond acceptors (Lipinski definition) is 7. The lowest BCUT2D eigenvalue weighted by molar-refractivity contribution is -0.115. The first-order valence-corrected chi connectivity index (χ1v) is 12.8. The minimum absolute atomic E-state index is 0.246. The molecule has 1 amide bonds. The van der Waals surface area contributed by atoms with Crippen LogP contribution in [0, 0.1) is 0 Å². The number of benzene rings is 1. The van der Waals surface area contributed by atoms with E-state index >= 15 is 0 Å². The molecule has 2 saturated heterocycles. The molecule has 2 fully saturated rings. The number of piperidine rings is 1. The van der Waals surface area contributed by atoms with E-state index in [9.17, 15) is 13.2 Å². The highest BCUT2D eigenvalue weighted by molar-refractivity contribution is 8.26. The van der Waals surface area contributed by atoms with Crippen LogP contribution in [0.4, 0.5) is 0 Å². The van der Waals surface area contributed by atoms with E-state index in [1.807, 2.05) is 6.07 Å². The Morgan fingerprint density at radius 2 is 1.88 bits per heavy atom. The van der Waals surface area contributed by atoms with Gasteiger partial charge in [-0.1, -0.05) is 42.5 Å². The van der Waals surface area contributed by atoms with Crippen LogP contribution in [0.15, 0.2) is 56.9 Å². The van der Waals surface area contributed by atoms with Gasteiger partial charge in [-0.2, -0.15) is 4.31 Å². The minimum atomic E-state index is -3.49. The summed E-state index contributed by atoms with van der Waals surface area (Å²) in [6.45, 7) is 1.14. The number of nitrogens with one attached hydrogen (secondary N) is 1. The third kappa shape index (κ3) is 3.99. The first-order chi connectivity index (χ1) is 15.4. The summed E-state index contributed by atoms with van der Waals surface area (Å²) in [7, 11) is -3.49. The lowest BCUT2D eigenvalue weighted by Crippen LogP contribution is -2.35. The molecule has 3 aromatic rings. The van der Waals surface area contributed by atoms with Gasteiger partial charge in [-0.05, 0) is 36.6 Å². The molecule has 32 heavy (non-hydrogen) atoms. The summed E-state index contributed by atoms with van der Waals surface area (Å²) >= 11 is 6.21. The first kappa shape index (κ1) is 21.3. The molecule has 2 aromatic heterocycles. The highest BCUT2D eigenvalue weighted by Gasteiger charge is 2.26. The highest BCUT2D eigenvalue weighted by atomic mass is 32.2. The van der Waals surface area contributed by atoms with Crippen LogP contribution in [0.25, 0.3) is 28.2 Å². The maximum Gasteiger partial charge on any atom is 0.263 e. The van der Waals surface area contributed by atoms with Gasteiger partial charge in [0, 0.05) is 42.5 Å². The molecule has 0 aliphatic carbocycles. The maximum absolute atomic E-state index is 12.9. The molecule has 164 valence electrons. The molecular weight excluding hydrogens is 466 g/mol. The van der Waals surface area contributed by atoms with E-state index in [4.69, 9.17) is 16.6 Å². The second-order valence-electron chi connectivity index (χ2n) is 7.60. The van der Waals surface area contributed by atoms with Crippen LogP contribution in [0.3, 0.4) is 0 Å². The van der Waals surface area contributed by atoms with E-state index in [0.29, 0.717) is 33.7 Å². The van der Waals surface area contributed by atoms with Gasteiger partial charge in [0.1, 0.15) is 15.7 Å². The standard InChI is InChI=1S/C22H19N3O4S3/c26-21-19(31-22(30)24-21)11-16-10-15-12-23-13-18(20(15)29-16)14-4-6-17(7-5-14)32(27,28)25-8-2-1-3-9-25/h4-7,10-13H,1-3,8-9H2,(H,24,26,30). The molecule has 0 unspecified atom stereocenters. The zero-order valence-corrected chi connectivity index (χ0v) is 19.4. The summed E-state index contributed by atoms with van der Waals surface area (Å²) in [5, 5.41) is 3.36. The van der Waals surface area contributed by atoms with E-state index in [-0.39, 0.29) is 10.8 Å². The van der Waals surface area contributed by atoms with Crippen molar-refractivity contribution < 1.29 is 17.6 Å². The van der Waals surface area contributed by atoms with Crippen molar-refractivity contribution >= 4 is 61.3 Å². The molecule has 7 nitrogen and oxygen atoms in total. The quantitative estimate of drug-likeness (QED) is 0.438. The number of amides is 1. The number of hydrogen-bond donors (Lipinski definition) is 1. The second kappa shape index (κ2) is 8.43. The van der Waals surface area contributed by atoms with Gasteiger partial charge in [0.15, 0.2) is 0 Å². The largest absolute Gasteiger partial charge is 0.456 e. The number of carbonyl (C=O) groups is 1. The Bertz CT molecular complexity index is 1350. The van der Waals surface area contributed by atoms with Gasteiger partial charge < -0.3 is 9.73 Å². The average Bonchev–Trinajstić information content (AvgIpc) is 3.35. The molecule has 4 heterocycles. The lowest BCUT2D eigenvalue weighted by atomic mass is 10.1. The van der Waals surface area contributed by atoms with Gasteiger partial charge in [-0.25, -0.2) is 8.42 Å². The predicted molar refractivity (Wildman–Crippen MR) is 128 cm³/mol. The number of thioether (sulfide) groups is 1. The van der Waals surface area contributed by atoms with Crippen LogP contribution >= 0.6 is 24.0 Å². The number of thiocarbonyl (C=S) groups is 1. The molecule has 0 radical (unpaired) electrons. The second-order valence-corrected chi connectivity index (χ2v) is 11.3. The highest BCUT2D eigenvalue weighted by Crippen LogP contribution is 2.33. The van der Waals surface area contributed by atoms with E-state index in [0.717, 1.165) is 35.8 Å². The van der Waals surface area contributed by atoms with Gasteiger partial charge in [0.05, 0.1) is 9.80 Å². The molecule has 2 aliphatic rings. The monoisotopic (exact) mass is 485 g/mol. The summed E-state index contributed by atoms with van der Waals surface area (Å²) in [6.07, 6.45) is 7.88. The number of furan rings is 1. The Kier molecular flexibility index (Phi) is 5.62. The number of fused-ring (bicyclic) bond motifs is 1. The van der Waals surface area contributed by atoms with Crippen molar-refractivity contribution in [2.24, 2.45) is 0 Å². The molecule has 0 atom stereocenters. The zero-order chi connectivity index (χ0) is 22.3. The zero-order valence-electron chi connectivity index (χ0n) is 16.9. The van der Waals surface area contributed by atoms with Gasteiger partial charge in [-0.3, -0.25) is 9.78 Å². The van der Waals surface area contributed by atoms with Crippen LogP contribution in [0.1, 0.15) is 25.0 Å². The van der Waals surface area contributed by atoms with Gasteiger partial charge in [-0.15, -0.1) is 0 Å². The molecule has 0 bridgehead atoms. The Hall–Kier alpha value is -2.53. The molecule has 10 heteroatoms. The summed E-state index contributed by atoms with van der Waals surface area (Å²) in [5.41, 5.74) is 2.15. The molecule has 5 rings (SSSR count). The summed E-state index contributed by atoms with van der Waals surface area (Å²) < 4.78 is 33.8. The fraction of sp³-hybridized carbons (Fsp3) is 0.227. The van der Waals surface area contributed by atoms with Crippen LogP contribution in [0.2, 0.25) is 0 Å². The normalized spacial score (nSPS) is 19.1. The van der Waals surface area contributed by atoms with Crippen LogP contribution < -0.4 is 5.32 Å². The van der Waals surface area contributed by atoms with Crippen molar-refractivity contribution in [2.75, 3.05) is 13.1 Å². The molecule has 0 saturated carbocycles. The van der Waals surface area contributed by atoms with Crippen molar-refractivity contribution in [1.29, 1.82) is 0 Å². The Balaban J connectivity index is 1.47. The van der Waals surface area contributed by atoms with Crippen LogP contribution in [-0.2, 0) is 14.8 Å². The summed E-state index contributed by atoms with van der Waals surface area (Å²) in [5.74, 6) is 0.269.